The van der Waals surface area contributed by atoms with Crippen molar-refractivity contribution in [1.29, 1.82) is 0 Å². The molecule has 10 nitrogen and oxygen atoms in total. The minimum absolute atomic E-state index is 0.0490. The Morgan fingerprint density at radius 2 is 1.59 bits per heavy atom. The number of aldehydes is 1. The Labute approximate surface area is 567 Å². The van der Waals surface area contributed by atoms with E-state index in [9.17, 15) is 9.90 Å². The first kappa shape index (κ1) is 59.9. The Morgan fingerprint density at radius 3 is 2.44 bits per heavy atom. The maximum Gasteiger partial charge on any atom is 0.331 e. The normalized spacial score (nSPS) is 52.7. The number of aliphatic hydroxyl groups excluding tert-OH is 2. The molecule has 3 aromatic rings. The highest BCUT2D eigenvalue weighted by molar-refractivity contribution is 5.86. The van der Waals surface area contributed by atoms with Crippen LogP contribution in [0, 0.1) is 145 Å². The standard InChI is InChI=1S/C86H99NO9/c1-87-70-38-62-53(15-8-18-57(62)45-88)23-28-77(26-5-6-27-77)46-80-43-56-17-10-20-61-60(52-13-3-2-4-14-52)24-29-78-30-25-66-68(40-67(61)78)83(78)47-81(48-89)74(56)85(93,84(80,92)44-58-36-64(70)73-65(72(58)80)39-71(90)95-73)75(91)69-37-63-55-16-9-19-59(63)54-22-21-50(35-54)33-49-11-7-12-51(34-49)41-82(66)32-31-79(42-55,76(83)96-82)86(69,81)94/h2-4,7-9,11-16,18,34,39,48,50,54-56,58-61,63-64,66-70,72-76,87-88,91-94H,5-6,19-22,24-27,29-33,35-38,40-47H2,1H3/t50-,54-,55-,56-,58+,59+,60+,61+,63-,64+,66-,67+,68+,69-,70-,72-,73-,74-,75-,76-,78+,79+,80+,81+,82-,83+,84-,85-,86+/m1/s1. The molecule has 10 heteroatoms. The van der Waals surface area contributed by atoms with Crippen molar-refractivity contribution >= 4 is 12.3 Å². The van der Waals surface area contributed by atoms with Crippen LogP contribution in [0.2, 0.25) is 0 Å². The summed E-state index contributed by atoms with van der Waals surface area (Å²) in [5, 5.41) is 79.1. The number of hydrogen-bond acceptors (Lipinski definition) is 10. The largest absolute Gasteiger partial charge is 0.454 e. The molecule has 13 fully saturated rings. The van der Waals surface area contributed by atoms with E-state index in [0.717, 1.165) is 119 Å². The van der Waals surface area contributed by atoms with Gasteiger partial charge in [0.05, 0.1) is 35.4 Å². The van der Waals surface area contributed by atoms with Gasteiger partial charge in [0.2, 0.25) is 0 Å². The van der Waals surface area contributed by atoms with Crippen molar-refractivity contribution in [2.24, 2.45) is 121 Å². The third kappa shape index (κ3) is 6.97. The number of fused-ring (bicyclic) bond motifs is 3. The van der Waals surface area contributed by atoms with Gasteiger partial charge in [-0.25, -0.2) is 4.79 Å². The van der Waals surface area contributed by atoms with Gasteiger partial charge in [-0.2, -0.15) is 0 Å². The van der Waals surface area contributed by atoms with Crippen LogP contribution >= 0.6 is 0 Å². The highest BCUT2D eigenvalue weighted by Gasteiger charge is 2.95. The minimum Gasteiger partial charge on any atom is -0.454 e. The number of aliphatic hydroxyl groups is 5. The van der Waals surface area contributed by atoms with Crippen LogP contribution in [0.25, 0.3) is 0 Å². The first-order chi connectivity index (χ1) is 46.6. The molecule has 96 heavy (non-hydrogen) atoms. The summed E-state index contributed by atoms with van der Waals surface area (Å²) in [6, 6.07) is 26.8. The van der Waals surface area contributed by atoms with Gasteiger partial charge in [-0.3, -0.25) is 0 Å². The third-order valence-electron chi connectivity index (χ3n) is 34.6. The summed E-state index contributed by atoms with van der Waals surface area (Å²) >= 11 is 0. The van der Waals surface area contributed by atoms with Crippen LogP contribution in [-0.2, 0) is 44.9 Å². The van der Waals surface area contributed by atoms with Crippen molar-refractivity contribution in [3.05, 3.63) is 130 Å². The van der Waals surface area contributed by atoms with Crippen molar-refractivity contribution in [2.45, 2.75) is 226 Å². The van der Waals surface area contributed by atoms with Gasteiger partial charge in [-0.1, -0.05) is 109 Å². The second-order valence-corrected chi connectivity index (χ2v) is 36.7. The average Bonchev–Trinajstić information content (AvgIpc) is 1.19. The molecule has 502 valence electrons. The zero-order valence-electron chi connectivity index (χ0n) is 56.2. The number of carbonyl (C=O) groups excluding carboxylic acids is 2. The number of hydrogen-bond donors (Lipinski definition) is 6. The number of esters is 1. The predicted molar refractivity (Wildman–Crippen MR) is 361 cm³/mol. The topological polar surface area (TPSA) is 166 Å². The monoisotopic (exact) mass is 1290 g/mol. The van der Waals surface area contributed by atoms with Gasteiger partial charge in [-0.15, -0.1) is 5.92 Å². The van der Waals surface area contributed by atoms with Crippen molar-refractivity contribution in [3.63, 3.8) is 0 Å². The smallest absolute Gasteiger partial charge is 0.331 e. The summed E-state index contributed by atoms with van der Waals surface area (Å²) < 4.78 is 15.5. The van der Waals surface area contributed by atoms with E-state index >= 15 is 25.2 Å². The summed E-state index contributed by atoms with van der Waals surface area (Å²) in [5.41, 5.74) is -4.45. The molecule has 20 aliphatic rings. The summed E-state index contributed by atoms with van der Waals surface area (Å²) in [6.07, 6.45) is 25.7. The Kier molecular flexibility index (Phi) is 12.5. The Bertz CT molecular complexity index is 4020. The molecule has 23 rings (SSSR count). The summed E-state index contributed by atoms with van der Waals surface area (Å²) in [4.78, 5) is 31.6. The van der Waals surface area contributed by atoms with Crippen LogP contribution in [-0.4, -0.2) is 91.6 Å². The van der Waals surface area contributed by atoms with Gasteiger partial charge < -0.3 is 45.1 Å². The Balaban J connectivity index is 0.856. The van der Waals surface area contributed by atoms with Gasteiger partial charge in [0, 0.05) is 75.9 Å². The molecule has 11 saturated carbocycles. The fraction of sp³-hybridized carbons (Fsp3) is 0.674. The average molecular weight is 1290 g/mol. The lowest BCUT2D eigenvalue weighted by Gasteiger charge is -2.83. The minimum atomic E-state index is -2.37. The molecule has 0 aromatic heterocycles. The van der Waals surface area contributed by atoms with E-state index in [4.69, 9.17) is 9.47 Å². The van der Waals surface area contributed by atoms with E-state index in [2.05, 4.69) is 102 Å². The maximum absolute atomic E-state index is 17.0. The highest BCUT2D eigenvalue weighted by atomic mass is 16.5. The van der Waals surface area contributed by atoms with Crippen LogP contribution in [0.1, 0.15) is 187 Å². The summed E-state index contributed by atoms with van der Waals surface area (Å²) in [7, 11) is 1.98. The van der Waals surface area contributed by atoms with Crippen molar-refractivity contribution < 1.29 is 44.6 Å². The molecule has 4 aliphatic heterocycles. The fourth-order valence-electron chi connectivity index (χ4n) is 32.1. The lowest BCUT2D eigenvalue weighted by atomic mass is 9.24. The van der Waals surface area contributed by atoms with E-state index in [1.807, 2.05) is 19.2 Å². The number of allylic oxidation sites excluding steroid dienone is 2. The van der Waals surface area contributed by atoms with E-state index in [1.165, 1.54) is 29.4 Å². The van der Waals surface area contributed by atoms with Gasteiger partial charge >= 0.3 is 5.97 Å². The first-order valence-electron chi connectivity index (χ1n) is 38.7. The zero-order valence-corrected chi connectivity index (χ0v) is 56.2. The van der Waals surface area contributed by atoms with Crippen molar-refractivity contribution in [2.75, 3.05) is 7.05 Å². The SMILES string of the molecule is CN[C@@H]1Cc2c(cccc2CO)C#CC2(CCCC2)C[C@]23C[C@H]4C#CC[C@H]5[C@H](c6ccccc6)CC[C@]67CC[C@@H]8[C@H](C[C@@H]56)[C@]75C[C@]6(C=O)[C@@H]4[C@@](O)([C@H](O)[C@H]4C[C@H]7[C@H]9CC=C[C@@H]7C[C@]7(CC[C@]8(Cc8cccc(c8)C[C@H]8CC[C@@H]9C8)O[C@H]75)[C@@]46O)[C@@]2(O)C[C@@H]2C[C@@H]1[C@H]1OC(=O)C=C1[C@@H]23. The second kappa shape index (κ2) is 20.0. The van der Waals surface area contributed by atoms with Gasteiger partial charge in [0.15, 0.2) is 0 Å². The first-order valence-corrected chi connectivity index (χ1v) is 38.7. The quantitative estimate of drug-likeness (QED) is 0.0641. The molecule has 2 saturated heterocycles. The van der Waals surface area contributed by atoms with E-state index in [-0.39, 0.29) is 89.6 Å². The lowest BCUT2D eigenvalue weighted by Crippen LogP contribution is -2.92. The lowest BCUT2D eigenvalue weighted by molar-refractivity contribution is -0.450. The third-order valence-corrected chi connectivity index (χ3v) is 34.6. The maximum atomic E-state index is 17.0. The van der Waals surface area contributed by atoms with Crippen LogP contribution in [0.15, 0.2) is 96.6 Å². The molecule has 0 amide bonds. The second-order valence-electron chi connectivity index (χ2n) is 36.7. The molecule has 29 atom stereocenters. The van der Waals surface area contributed by atoms with E-state index < -0.39 is 91.5 Å². The molecule has 21 bridgehead atoms. The molecule has 16 aliphatic carbocycles. The Hall–Kier alpha value is -4.88. The number of rotatable bonds is 4. The van der Waals surface area contributed by atoms with E-state index in [0.29, 0.717) is 69.6 Å². The number of nitrogens with one attached hydrogen (secondary N) is 1. The summed E-state index contributed by atoms with van der Waals surface area (Å²) in [6.45, 7) is -0.133. The molecule has 6 N–H and O–H groups in total. The molecular weight excluding hydrogens is 1190 g/mol. The molecule has 4 heterocycles. The zero-order chi connectivity index (χ0) is 64.5. The number of ether oxygens (including phenoxy) is 2. The summed E-state index contributed by atoms with van der Waals surface area (Å²) in [5.74, 6) is 14.4. The Morgan fingerprint density at radius 1 is 0.750 bits per heavy atom. The molecular formula is C86H99NO9. The number of likely N-dealkylation sites (N-methyl/N-ethyl adjacent to an activating group) is 1. The van der Waals surface area contributed by atoms with Crippen molar-refractivity contribution in [1.82, 2.24) is 5.32 Å². The van der Waals surface area contributed by atoms with Crippen LogP contribution in [0.3, 0.4) is 0 Å². The van der Waals surface area contributed by atoms with Crippen LogP contribution < -0.4 is 5.32 Å². The van der Waals surface area contributed by atoms with Gasteiger partial charge in [0.25, 0.3) is 0 Å². The van der Waals surface area contributed by atoms with Gasteiger partial charge in [0.1, 0.15) is 23.6 Å². The predicted octanol–water partition coefficient (Wildman–Crippen LogP) is 11.9. The van der Waals surface area contributed by atoms with Gasteiger partial charge in [-0.05, 0) is 264 Å². The molecule has 0 unspecified atom stereocenters. The van der Waals surface area contributed by atoms with E-state index in [1.54, 1.807) is 6.08 Å². The molecule has 3 aromatic carbocycles. The highest BCUT2D eigenvalue weighted by Crippen LogP contribution is 2.91. The molecule has 0 radical (unpaired) electrons. The molecule has 6 spiro atoms. The number of benzene rings is 3. The van der Waals surface area contributed by atoms with Crippen LogP contribution in [0.5, 0.6) is 0 Å². The fourth-order valence-corrected chi connectivity index (χ4v) is 32.1. The number of carbonyl (C=O) groups is 2. The van der Waals surface area contributed by atoms with Crippen molar-refractivity contribution in [3.8, 4) is 23.7 Å². The van der Waals surface area contributed by atoms with Crippen LogP contribution in [0.4, 0.5) is 0 Å².